The van der Waals surface area contributed by atoms with Gasteiger partial charge in [-0.3, -0.25) is 0 Å². The van der Waals surface area contributed by atoms with Crippen LogP contribution in [0.15, 0.2) is 23.8 Å². The predicted octanol–water partition coefficient (Wildman–Crippen LogP) is 4.73. The molecule has 1 fully saturated rings. The third-order valence-electron chi connectivity index (χ3n) is 4.82. The van der Waals surface area contributed by atoms with Gasteiger partial charge in [-0.05, 0) is 50.9 Å². The maximum Gasteiger partial charge on any atom is 0.0121 e. The van der Waals surface area contributed by atoms with E-state index in [1.807, 2.05) is 0 Å². The molecule has 15 heavy (non-hydrogen) atoms. The summed E-state index contributed by atoms with van der Waals surface area (Å²) in [6.45, 7) is 11.4. The van der Waals surface area contributed by atoms with E-state index in [2.05, 4.69) is 33.4 Å². The topological polar surface area (TPSA) is 0 Å². The Labute approximate surface area is 94.5 Å². The van der Waals surface area contributed by atoms with E-state index in [4.69, 9.17) is 0 Å². The first-order valence-electron chi connectivity index (χ1n) is 6.42. The molecule has 2 aliphatic rings. The van der Waals surface area contributed by atoms with Crippen LogP contribution < -0.4 is 0 Å². The lowest BCUT2D eigenvalue weighted by Gasteiger charge is -2.43. The average molecular weight is 204 g/mol. The molecule has 1 saturated carbocycles. The quantitative estimate of drug-likeness (QED) is 0.542. The Hall–Kier alpha value is -0.520. The van der Waals surface area contributed by atoms with E-state index in [9.17, 15) is 0 Å². The fraction of sp³-hybridized carbons (Fsp3) is 0.733. The van der Waals surface area contributed by atoms with Crippen LogP contribution in [0.2, 0.25) is 0 Å². The Morgan fingerprint density at radius 2 is 2.20 bits per heavy atom. The smallest absolute Gasteiger partial charge is 0.0121 e. The van der Waals surface area contributed by atoms with Gasteiger partial charge < -0.3 is 0 Å². The largest absolute Gasteiger partial charge is 0.0990 e. The van der Waals surface area contributed by atoms with Crippen molar-refractivity contribution in [3.8, 4) is 0 Å². The van der Waals surface area contributed by atoms with Crippen molar-refractivity contribution in [3.05, 3.63) is 23.8 Å². The molecule has 0 N–H and O–H groups in total. The van der Waals surface area contributed by atoms with Crippen molar-refractivity contribution < 1.29 is 0 Å². The molecule has 0 heterocycles. The maximum atomic E-state index is 4.35. The average Bonchev–Trinajstić information content (AvgIpc) is 2.54. The van der Waals surface area contributed by atoms with Crippen LogP contribution in [0.4, 0.5) is 0 Å². The molecule has 1 spiro atoms. The summed E-state index contributed by atoms with van der Waals surface area (Å²) < 4.78 is 0. The van der Waals surface area contributed by atoms with E-state index in [-0.39, 0.29) is 0 Å². The van der Waals surface area contributed by atoms with E-state index in [1.165, 1.54) is 37.7 Å². The van der Waals surface area contributed by atoms with Crippen molar-refractivity contribution in [2.75, 3.05) is 0 Å². The summed E-state index contributed by atoms with van der Waals surface area (Å²) in [5.41, 5.74) is 3.54. The summed E-state index contributed by atoms with van der Waals surface area (Å²) in [4.78, 5) is 0. The molecule has 0 aromatic carbocycles. The minimum absolute atomic E-state index is 0.410. The fourth-order valence-corrected chi connectivity index (χ4v) is 3.51. The molecule has 0 nitrogen and oxygen atoms in total. The molecule has 0 saturated heterocycles. The first kappa shape index (κ1) is 11.0. The zero-order chi connectivity index (χ0) is 11.1. The molecule has 0 aromatic rings. The van der Waals surface area contributed by atoms with Crippen molar-refractivity contribution in [1.29, 1.82) is 0 Å². The Morgan fingerprint density at radius 1 is 1.47 bits per heavy atom. The monoisotopic (exact) mass is 204 g/mol. The van der Waals surface area contributed by atoms with Crippen molar-refractivity contribution in [1.82, 2.24) is 0 Å². The van der Waals surface area contributed by atoms with Gasteiger partial charge in [0.05, 0.1) is 0 Å². The first-order chi connectivity index (χ1) is 7.06. The van der Waals surface area contributed by atoms with Gasteiger partial charge in [0.1, 0.15) is 0 Å². The molecule has 84 valence electrons. The molecule has 0 bridgehead atoms. The first-order valence-corrected chi connectivity index (χ1v) is 6.42. The molecule has 2 aliphatic carbocycles. The van der Waals surface area contributed by atoms with Gasteiger partial charge in [-0.1, -0.05) is 37.6 Å². The van der Waals surface area contributed by atoms with Crippen molar-refractivity contribution in [3.63, 3.8) is 0 Å². The second kappa shape index (κ2) is 3.81. The summed E-state index contributed by atoms with van der Waals surface area (Å²) in [6.07, 6.45) is 9.04. The summed E-state index contributed by atoms with van der Waals surface area (Å²) in [5, 5.41) is 0. The fourth-order valence-electron chi connectivity index (χ4n) is 3.51. The Bertz CT molecular complexity index is 295. The molecule has 2 rings (SSSR count). The van der Waals surface area contributed by atoms with Gasteiger partial charge in [0.15, 0.2) is 0 Å². The highest BCUT2D eigenvalue weighted by Crippen LogP contribution is 2.54. The molecular formula is C15H24. The van der Waals surface area contributed by atoms with Crippen LogP contribution in [0.3, 0.4) is 0 Å². The molecule has 0 aromatic heterocycles. The van der Waals surface area contributed by atoms with Gasteiger partial charge in [-0.25, -0.2) is 0 Å². The van der Waals surface area contributed by atoms with Gasteiger partial charge >= 0.3 is 0 Å². The number of hydrogen-bond donors (Lipinski definition) is 0. The lowest BCUT2D eigenvalue weighted by Crippen LogP contribution is -2.31. The molecule has 2 atom stereocenters. The SMILES string of the molecule is C=C1CC[C@@H](C(C)C)C[C@@]12CCC=C2C. The predicted molar refractivity (Wildman–Crippen MR) is 66.7 cm³/mol. The molecule has 0 heteroatoms. The lowest BCUT2D eigenvalue weighted by molar-refractivity contribution is 0.201. The van der Waals surface area contributed by atoms with Crippen molar-refractivity contribution in [2.45, 2.75) is 52.9 Å². The Morgan fingerprint density at radius 3 is 2.73 bits per heavy atom. The lowest BCUT2D eigenvalue weighted by atomic mass is 9.62. The second-order valence-electron chi connectivity index (χ2n) is 5.86. The van der Waals surface area contributed by atoms with E-state index in [0.717, 1.165) is 11.8 Å². The maximum absolute atomic E-state index is 4.35. The van der Waals surface area contributed by atoms with Gasteiger partial charge in [0.25, 0.3) is 0 Å². The number of allylic oxidation sites excluding steroid dienone is 3. The Kier molecular flexibility index (Phi) is 2.79. The van der Waals surface area contributed by atoms with Crippen molar-refractivity contribution in [2.24, 2.45) is 17.3 Å². The van der Waals surface area contributed by atoms with E-state index >= 15 is 0 Å². The summed E-state index contributed by atoms with van der Waals surface area (Å²) >= 11 is 0. The van der Waals surface area contributed by atoms with Crippen LogP contribution in [0.1, 0.15) is 52.9 Å². The number of rotatable bonds is 1. The molecule has 0 aliphatic heterocycles. The van der Waals surface area contributed by atoms with E-state index < -0.39 is 0 Å². The summed E-state index contributed by atoms with van der Waals surface area (Å²) in [5.74, 6) is 1.75. The van der Waals surface area contributed by atoms with Crippen LogP contribution in [-0.2, 0) is 0 Å². The molecule has 0 unspecified atom stereocenters. The minimum atomic E-state index is 0.410. The van der Waals surface area contributed by atoms with E-state index in [1.54, 1.807) is 5.57 Å². The Balaban J connectivity index is 2.23. The van der Waals surface area contributed by atoms with Crippen molar-refractivity contribution >= 4 is 0 Å². The normalized spacial score (nSPS) is 36.4. The van der Waals surface area contributed by atoms with Gasteiger partial charge in [-0.2, -0.15) is 0 Å². The zero-order valence-corrected chi connectivity index (χ0v) is 10.5. The zero-order valence-electron chi connectivity index (χ0n) is 10.5. The van der Waals surface area contributed by atoms with Crippen LogP contribution in [-0.4, -0.2) is 0 Å². The highest BCUT2D eigenvalue weighted by Gasteiger charge is 2.42. The minimum Gasteiger partial charge on any atom is -0.0990 e. The third-order valence-corrected chi connectivity index (χ3v) is 4.82. The number of hydrogen-bond acceptors (Lipinski definition) is 0. The van der Waals surface area contributed by atoms with Crippen LogP contribution >= 0.6 is 0 Å². The highest BCUT2D eigenvalue weighted by molar-refractivity contribution is 5.32. The summed E-state index contributed by atoms with van der Waals surface area (Å²) in [6, 6.07) is 0. The molecule has 0 radical (unpaired) electrons. The molecular weight excluding hydrogens is 180 g/mol. The third kappa shape index (κ3) is 1.68. The second-order valence-corrected chi connectivity index (χ2v) is 5.86. The van der Waals surface area contributed by atoms with Gasteiger partial charge in [0.2, 0.25) is 0 Å². The van der Waals surface area contributed by atoms with Crippen LogP contribution in [0, 0.1) is 17.3 Å². The van der Waals surface area contributed by atoms with Crippen LogP contribution in [0.25, 0.3) is 0 Å². The van der Waals surface area contributed by atoms with Gasteiger partial charge in [0, 0.05) is 5.41 Å². The summed E-state index contributed by atoms with van der Waals surface area (Å²) in [7, 11) is 0. The highest BCUT2D eigenvalue weighted by atomic mass is 14.5. The standard InChI is InChI=1S/C15H24/c1-11(2)14-8-7-13(4)15(10-14)9-5-6-12(15)3/h6,11,14H,4-5,7-10H2,1-3H3/t14-,15-/m1/s1. The van der Waals surface area contributed by atoms with Crippen LogP contribution in [0.5, 0.6) is 0 Å². The molecule has 0 amide bonds. The van der Waals surface area contributed by atoms with E-state index in [0.29, 0.717) is 5.41 Å². The van der Waals surface area contributed by atoms with Gasteiger partial charge in [-0.15, -0.1) is 0 Å².